The average Bonchev–Trinajstić information content (AvgIpc) is 2.40. The van der Waals surface area contributed by atoms with E-state index in [1.54, 1.807) is 6.92 Å². The highest BCUT2D eigenvalue weighted by atomic mass is 32.2. The minimum absolute atomic E-state index is 0.108. The van der Waals surface area contributed by atoms with E-state index in [0.717, 1.165) is 6.07 Å². The van der Waals surface area contributed by atoms with Gasteiger partial charge in [0.2, 0.25) is 0 Å². The third-order valence-corrected chi connectivity index (χ3v) is 4.50. The van der Waals surface area contributed by atoms with Crippen molar-refractivity contribution in [3.8, 4) is 0 Å². The van der Waals surface area contributed by atoms with Crippen molar-refractivity contribution < 1.29 is 12.8 Å². The Morgan fingerprint density at radius 3 is 2.50 bits per heavy atom. The number of sulfonamides is 1. The molecule has 2 aromatic rings. The van der Waals surface area contributed by atoms with E-state index in [2.05, 4.69) is 14.7 Å². The van der Waals surface area contributed by atoms with E-state index in [0.29, 0.717) is 11.4 Å². The van der Waals surface area contributed by atoms with Gasteiger partial charge < -0.3 is 0 Å². The fourth-order valence-corrected chi connectivity index (χ4v) is 3.09. The van der Waals surface area contributed by atoms with E-state index >= 15 is 0 Å². The van der Waals surface area contributed by atoms with Crippen LogP contribution in [0.15, 0.2) is 35.4 Å². The number of hydrogen-bond donors (Lipinski definition) is 1. The van der Waals surface area contributed by atoms with Gasteiger partial charge in [0.05, 0.1) is 4.90 Å². The molecule has 1 N–H and O–H groups in total. The number of aryl methyl sites for hydroxylation is 1. The van der Waals surface area contributed by atoms with Crippen LogP contribution in [-0.4, -0.2) is 18.4 Å². The smallest absolute Gasteiger partial charge is 0.263 e. The predicted molar refractivity (Wildman–Crippen MR) is 82.7 cm³/mol. The Bertz CT molecular complexity index is 799. The van der Waals surface area contributed by atoms with Crippen molar-refractivity contribution >= 4 is 15.8 Å². The second-order valence-corrected chi connectivity index (χ2v) is 7.68. The van der Waals surface area contributed by atoms with Crippen molar-refractivity contribution in [3.63, 3.8) is 0 Å². The van der Waals surface area contributed by atoms with E-state index in [-0.39, 0.29) is 16.1 Å². The first kappa shape index (κ1) is 16.4. The van der Waals surface area contributed by atoms with Gasteiger partial charge in [-0.3, -0.25) is 4.72 Å². The number of nitrogens with one attached hydrogen (secondary N) is 1. The third kappa shape index (κ3) is 3.59. The van der Waals surface area contributed by atoms with Crippen LogP contribution in [0.25, 0.3) is 0 Å². The van der Waals surface area contributed by atoms with Gasteiger partial charge in [0.1, 0.15) is 17.5 Å². The Morgan fingerprint density at radius 1 is 1.18 bits per heavy atom. The van der Waals surface area contributed by atoms with Crippen molar-refractivity contribution in [1.29, 1.82) is 0 Å². The summed E-state index contributed by atoms with van der Waals surface area (Å²) in [5, 5.41) is 0. The summed E-state index contributed by atoms with van der Waals surface area (Å²) in [6, 6.07) is 5.09. The molecule has 2 rings (SSSR count). The van der Waals surface area contributed by atoms with Crippen molar-refractivity contribution in [1.82, 2.24) is 9.97 Å². The SMILES string of the molecule is Cc1ccc(F)cc1S(=O)(=O)Nc1ccnc(C(C)(C)C)n1. The van der Waals surface area contributed by atoms with Gasteiger partial charge in [0.15, 0.2) is 0 Å². The molecule has 5 nitrogen and oxygen atoms in total. The maximum atomic E-state index is 13.3. The molecule has 0 radical (unpaired) electrons. The first-order valence-electron chi connectivity index (χ1n) is 6.72. The molecule has 0 fully saturated rings. The number of rotatable bonds is 3. The molecule has 0 amide bonds. The van der Waals surface area contributed by atoms with Crippen LogP contribution in [0.4, 0.5) is 10.2 Å². The zero-order valence-corrected chi connectivity index (χ0v) is 13.7. The molecule has 118 valence electrons. The Labute approximate surface area is 129 Å². The summed E-state index contributed by atoms with van der Waals surface area (Å²) in [4.78, 5) is 8.24. The molecule has 0 aliphatic heterocycles. The van der Waals surface area contributed by atoms with Gasteiger partial charge in [0, 0.05) is 11.6 Å². The lowest BCUT2D eigenvalue weighted by atomic mass is 9.96. The number of halogens is 1. The number of benzene rings is 1. The normalized spacial score (nSPS) is 12.2. The second-order valence-electron chi connectivity index (χ2n) is 6.03. The summed E-state index contributed by atoms with van der Waals surface area (Å²) in [6.45, 7) is 7.39. The van der Waals surface area contributed by atoms with Crippen LogP contribution in [0.5, 0.6) is 0 Å². The summed E-state index contributed by atoms with van der Waals surface area (Å²) >= 11 is 0. The van der Waals surface area contributed by atoms with Gasteiger partial charge in [-0.05, 0) is 30.7 Å². The Hall–Kier alpha value is -2.02. The van der Waals surface area contributed by atoms with Crippen LogP contribution in [0, 0.1) is 12.7 Å². The molecule has 0 bridgehead atoms. The molecule has 0 atom stereocenters. The maximum absolute atomic E-state index is 13.3. The summed E-state index contributed by atoms with van der Waals surface area (Å²) in [5.41, 5.74) is 0.148. The molecule has 0 aliphatic rings. The summed E-state index contributed by atoms with van der Waals surface area (Å²) in [6.07, 6.45) is 1.49. The molecule has 1 aromatic carbocycles. The molecule has 0 saturated carbocycles. The number of nitrogens with zero attached hydrogens (tertiary/aromatic N) is 2. The molecule has 0 unspecified atom stereocenters. The van der Waals surface area contributed by atoms with E-state index in [4.69, 9.17) is 0 Å². The fourth-order valence-electron chi connectivity index (χ4n) is 1.83. The quantitative estimate of drug-likeness (QED) is 0.942. The molecule has 0 spiro atoms. The highest BCUT2D eigenvalue weighted by molar-refractivity contribution is 7.92. The monoisotopic (exact) mass is 323 g/mol. The lowest BCUT2D eigenvalue weighted by Gasteiger charge is -2.17. The minimum Gasteiger partial charge on any atom is -0.263 e. The van der Waals surface area contributed by atoms with E-state index in [9.17, 15) is 12.8 Å². The molecule has 0 saturated heterocycles. The molecule has 0 aliphatic carbocycles. The average molecular weight is 323 g/mol. The van der Waals surface area contributed by atoms with Crippen LogP contribution < -0.4 is 4.72 Å². The topological polar surface area (TPSA) is 72.0 Å². The summed E-state index contributed by atoms with van der Waals surface area (Å²) in [5.74, 6) is 0.0660. The van der Waals surface area contributed by atoms with Gasteiger partial charge in [-0.25, -0.2) is 22.8 Å². The van der Waals surface area contributed by atoms with Crippen LogP contribution >= 0.6 is 0 Å². The number of aromatic nitrogens is 2. The Morgan fingerprint density at radius 2 is 1.86 bits per heavy atom. The second kappa shape index (κ2) is 5.64. The van der Waals surface area contributed by atoms with Crippen molar-refractivity contribution in [3.05, 3.63) is 47.7 Å². The summed E-state index contributed by atoms with van der Waals surface area (Å²) < 4.78 is 40.5. The first-order valence-corrected chi connectivity index (χ1v) is 8.20. The fraction of sp³-hybridized carbons (Fsp3) is 0.333. The molecule has 1 heterocycles. The Balaban J connectivity index is 2.39. The molecule has 1 aromatic heterocycles. The maximum Gasteiger partial charge on any atom is 0.263 e. The predicted octanol–water partition coefficient (Wildman–Crippen LogP) is 3.02. The lowest BCUT2D eigenvalue weighted by Crippen LogP contribution is -2.19. The minimum atomic E-state index is -3.91. The Kier molecular flexibility index (Phi) is 4.19. The number of hydrogen-bond acceptors (Lipinski definition) is 4. The molecule has 22 heavy (non-hydrogen) atoms. The van der Waals surface area contributed by atoms with Gasteiger partial charge in [-0.2, -0.15) is 0 Å². The van der Waals surface area contributed by atoms with Gasteiger partial charge >= 0.3 is 0 Å². The van der Waals surface area contributed by atoms with Crippen LogP contribution in [0.3, 0.4) is 0 Å². The van der Waals surface area contributed by atoms with E-state index in [1.165, 1.54) is 24.4 Å². The zero-order valence-electron chi connectivity index (χ0n) is 12.9. The van der Waals surface area contributed by atoms with Crippen LogP contribution in [0.2, 0.25) is 0 Å². The van der Waals surface area contributed by atoms with Crippen LogP contribution in [0.1, 0.15) is 32.2 Å². The molecule has 7 heteroatoms. The largest absolute Gasteiger partial charge is 0.263 e. The van der Waals surface area contributed by atoms with Gasteiger partial charge in [0.25, 0.3) is 10.0 Å². The highest BCUT2D eigenvalue weighted by Crippen LogP contribution is 2.22. The lowest BCUT2D eigenvalue weighted by molar-refractivity contribution is 0.546. The van der Waals surface area contributed by atoms with Crippen molar-refractivity contribution in [2.45, 2.75) is 38.0 Å². The van der Waals surface area contributed by atoms with Crippen molar-refractivity contribution in [2.75, 3.05) is 4.72 Å². The van der Waals surface area contributed by atoms with E-state index < -0.39 is 15.8 Å². The molecular formula is C15H18FN3O2S. The summed E-state index contributed by atoms with van der Waals surface area (Å²) in [7, 11) is -3.91. The van der Waals surface area contributed by atoms with Gasteiger partial charge in [-0.15, -0.1) is 0 Å². The third-order valence-electron chi connectivity index (χ3n) is 3.01. The van der Waals surface area contributed by atoms with E-state index in [1.807, 2.05) is 20.8 Å². The zero-order chi connectivity index (χ0) is 16.5. The van der Waals surface area contributed by atoms with Crippen molar-refractivity contribution in [2.24, 2.45) is 0 Å². The van der Waals surface area contributed by atoms with Crippen LogP contribution in [-0.2, 0) is 15.4 Å². The van der Waals surface area contributed by atoms with Gasteiger partial charge in [-0.1, -0.05) is 26.8 Å². The first-order chi connectivity index (χ1) is 10.1. The highest BCUT2D eigenvalue weighted by Gasteiger charge is 2.21. The molecular weight excluding hydrogens is 305 g/mol. The standard InChI is InChI=1S/C15H18FN3O2S/c1-10-5-6-11(16)9-12(10)22(20,21)19-13-7-8-17-14(18-13)15(2,3)4/h5-9H,1-4H3,(H,17,18,19). The number of anilines is 1.